The molecular weight excluding hydrogens is 412 g/mol. The largest absolute Gasteiger partial charge is 0.468 e. The number of rotatable bonds is 4. The van der Waals surface area contributed by atoms with E-state index in [1.807, 2.05) is 11.8 Å². The van der Waals surface area contributed by atoms with E-state index in [2.05, 4.69) is 40.3 Å². The van der Waals surface area contributed by atoms with Crippen LogP contribution in [0.3, 0.4) is 0 Å². The molecule has 1 aromatic carbocycles. The first kappa shape index (κ1) is 17.0. The molecule has 6 nitrogen and oxygen atoms in total. The van der Waals surface area contributed by atoms with E-state index in [4.69, 9.17) is 9.47 Å². The molecule has 160 valence electrons. The number of carbonyl (C=O) groups is 2. The molecule has 5 aliphatic carbocycles. The fourth-order valence-electron chi connectivity index (χ4n) is 11.1. The van der Waals surface area contributed by atoms with E-state index in [1.54, 1.807) is 14.2 Å². The summed E-state index contributed by atoms with van der Waals surface area (Å²) >= 11 is 1.96. The van der Waals surface area contributed by atoms with Crippen molar-refractivity contribution in [2.45, 2.75) is 39.7 Å². The molecule has 13 bridgehead atoms. The number of hydrogen-bond donors (Lipinski definition) is 0. The summed E-state index contributed by atoms with van der Waals surface area (Å²) in [5, 5.41) is 5.34. The molecule has 5 aliphatic heterocycles. The van der Waals surface area contributed by atoms with Gasteiger partial charge in [0.2, 0.25) is 0 Å². The van der Waals surface area contributed by atoms with E-state index in [0.29, 0.717) is 41.0 Å². The summed E-state index contributed by atoms with van der Waals surface area (Å²) in [4.78, 5) is 28.6. The monoisotopic (exact) mass is 436 g/mol. The summed E-state index contributed by atoms with van der Waals surface area (Å²) in [5.74, 6) is 2.86. The van der Waals surface area contributed by atoms with Gasteiger partial charge in [-0.15, -0.1) is 11.8 Å². The Bertz CT molecular complexity index is 1070. The number of hydrogen-bond acceptors (Lipinski definition) is 7. The molecule has 0 spiro atoms. The Morgan fingerprint density at radius 1 is 0.871 bits per heavy atom. The Balaban J connectivity index is 1.26. The Labute approximate surface area is 184 Å². The maximum atomic E-state index is 13.6. The second kappa shape index (κ2) is 4.70. The standard InChI is InChI=1S/C24H24N2O4S/c1-29-21(27)23-14-10-8-11-15(14)24(22(28)30-2)17-13-19(26(24)25(23)18(10)11)12(16(17)23)20(13)31-9-6-4-3-5-7-9/h3-7,10-20H,8H2,1-2H3/t10-,11+,12+,13-,14-,15+,16+,17-,18?,19?,20+,23-,24+/m1/s1. The number of ether oxygens (including phenoxy) is 2. The van der Waals surface area contributed by atoms with Crippen molar-refractivity contribution in [1.29, 1.82) is 0 Å². The molecule has 0 radical (unpaired) electrons. The van der Waals surface area contributed by atoms with Gasteiger partial charge < -0.3 is 9.47 Å². The third kappa shape index (κ3) is 1.24. The average molecular weight is 437 g/mol. The number of nitrogens with zero attached hydrogens (tertiary/aromatic N) is 2. The van der Waals surface area contributed by atoms with E-state index in [9.17, 15) is 9.59 Å². The van der Waals surface area contributed by atoms with Gasteiger partial charge >= 0.3 is 11.9 Å². The van der Waals surface area contributed by atoms with Gasteiger partial charge in [0.25, 0.3) is 0 Å². The van der Waals surface area contributed by atoms with Gasteiger partial charge in [-0.3, -0.25) is 0 Å². The van der Waals surface area contributed by atoms with Crippen LogP contribution < -0.4 is 0 Å². The lowest BCUT2D eigenvalue weighted by atomic mass is 9.47. The number of piperidine rings is 2. The Morgan fingerprint density at radius 3 is 1.97 bits per heavy atom. The van der Waals surface area contributed by atoms with E-state index < -0.39 is 11.1 Å². The number of thioether (sulfide) groups is 1. The fourth-order valence-corrected chi connectivity index (χ4v) is 12.7. The van der Waals surface area contributed by atoms with Crippen LogP contribution in [-0.2, 0) is 19.1 Å². The molecule has 0 N–H and O–H groups in total. The SMILES string of the molecule is COC(=O)[C@]12[C@H]3[C@H]4C5[C@H]([C@H]4Sc4ccccc4)[C@H]3[C@]3(C(=O)OC)[C@@H]4[C@H]1[C@H]1C[C@@H]4C1N2N53. The van der Waals surface area contributed by atoms with Crippen LogP contribution in [0.2, 0.25) is 0 Å². The second-order valence-electron chi connectivity index (χ2n) is 11.0. The average Bonchev–Trinajstić information content (AvgIpc) is 3.56. The lowest BCUT2D eigenvalue weighted by molar-refractivity contribution is -0.368. The minimum absolute atomic E-state index is 0.0389. The molecule has 11 rings (SSSR count). The first-order chi connectivity index (χ1) is 15.1. The minimum atomic E-state index is -0.538. The molecule has 5 heterocycles. The summed E-state index contributed by atoms with van der Waals surface area (Å²) in [7, 11) is 3.11. The van der Waals surface area contributed by atoms with E-state index in [0.717, 1.165) is 0 Å². The highest BCUT2D eigenvalue weighted by Gasteiger charge is 3.03. The predicted octanol–water partition coefficient (Wildman–Crippen LogP) is 1.66. The highest BCUT2D eigenvalue weighted by Crippen LogP contribution is 2.91. The van der Waals surface area contributed by atoms with Gasteiger partial charge in [-0.1, -0.05) is 18.2 Å². The Hall–Kier alpha value is -1.57. The highest BCUT2D eigenvalue weighted by molar-refractivity contribution is 8.00. The topological polar surface area (TPSA) is 59.1 Å². The third-order valence-corrected chi connectivity index (χ3v) is 12.6. The number of esters is 2. The van der Waals surface area contributed by atoms with Crippen LogP contribution >= 0.6 is 11.8 Å². The van der Waals surface area contributed by atoms with Gasteiger partial charge in [0.05, 0.1) is 14.2 Å². The molecule has 0 amide bonds. The van der Waals surface area contributed by atoms with E-state index >= 15 is 0 Å². The van der Waals surface area contributed by atoms with Crippen molar-refractivity contribution in [3.63, 3.8) is 0 Å². The number of methoxy groups -OCH3 is 2. The van der Waals surface area contributed by atoms with Crippen molar-refractivity contribution in [2.24, 2.45) is 47.3 Å². The van der Waals surface area contributed by atoms with Crippen LogP contribution in [0.5, 0.6) is 0 Å². The molecule has 4 unspecified atom stereocenters. The zero-order valence-corrected chi connectivity index (χ0v) is 18.2. The van der Waals surface area contributed by atoms with Crippen molar-refractivity contribution >= 4 is 23.7 Å². The van der Waals surface area contributed by atoms with Crippen LogP contribution in [0.4, 0.5) is 0 Å². The lowest BCUT2D eigenvalue weighted by Gasteiger charge is -2.77. The molecule has 5 saturated heterocycles. The smallest absolute Gasteiger partial charge is 0.328 e. The van der Waals surface area contributed by atoms with Gasteiger partial charge in [-0.05, 0) is 54.1 Å². The van der Waals surface area contributed by atoms with Crippen molar-refractivity contribution in [2.75, 3.05) is 14.2 Å². The quantitative estimate of drug-likeness (QED) is 0.666. The number of carbonyl (C=O) groups excluding carboxylic acids is 2. The Kier molecular flexibility index (Phi) is 2.58. The number of hydrazine groups is 1. The lowest BCUT2D eigenvalue weighted by Crippen LogP contribution is -2.93. The molecule has 15 atom stereocenters. The zero-order valence-electron chi connectivity index (χ0n) is 17.4. The second-order valence-corrected chi connectivity index (χ2v) is 12.3. The van der Waals surface area contributed by atoms with Crippen molar-refractivity contribution in [3.05, 3.63) is 30.3 Å². The van der Waals surface area contributed by atoms with E-state index in [1.165, 1.54) is 11.3 Å². The maximum absolute atomic E-state index is 13.6. The van der Waals surface area contributed by atoms with Crippen molar-refractivity contribution < 1.29 is 19.1 Å². The summed E-state index contributed by atoms with van der Waals surface area (Å²) in [6.45, 7) is 0. The van der Waals surface area contributed by atoms with Crippen molar-refractivity contribution in [3.8, 4) is 0 Å². The zero-order chi connectivity index (χ0) is 20.6. The number of benzene rings is 1. The summed E-state index contributed by atoms with van der Waals surface area (Å²) in [6.07, 6.45) is 1.17. The first-order valence-corrected chi connectivity index (χ1v) is 12.5. The third-order valence-electron chi connectivity index (χ3n) is 11.1. The van der Waals surface area contributed by atoms with Gasteiger partial charge in [-0.2, -0.15) is 0 Å². The van der Waals surface area contributed by atoms with Gasteiger partial charge in [0.1, 0.15) is 11.1 Å². The predicted molar refractivity (Wildman–Crippen MR) is 109 cm³/mol. The summed E-state index contributed by atoms with van der Waals surface area (Å²) in [5.41, 5.74) is -1.08. The van der Waals surface area contributed by atoms with Crippen LogP contribution in [0.15, 0.2) is 35.2 Å². The Morgan fingerprint density at radius 2 is 1.42 bits per heavy atom. The van der Waals surface area contributed by atoms with Crippen LogP contribution in [0.1, 0.15) is 6.42 Å². The molecule has 10 fully saturated rings. The molecule has 7 heteroatoms. The molecule has 0 aromatic heterocycles. The van der Waals surface area contributed by atoms with Crippen LogP contribution in [0, 0.1) is 47.3 Å². The van der Waals surface area contributed by atoms with Crippen LogP contribution in [0.25, 0.3) is 0 Å². The first-order valence-electron chi connectivity index (χ1n) is 11.6. The minimum Gasteiger partial charge on any atom is -0.468 e. The molecular formula is C24H24N2O4S. The maximum Gasteiger partial charge on any atom is 0.328 e. The summed E-state index contributed by atoms with van der Waals surface area (Å²) < 4.78 is 11.1. The molecule has 1 aromatic rings. The normalized spacial score (nSPS) is 62.7. The van der Waals surface area contributed by atoms with Gasteiger partial charge in [0, 0.05) is 34.1 Å². The van der Waals surface area contributed by atoms with E-state index in [-0.39, 0.29) is 35.6 Å². The van der Waals surface area contributed by atoms with Crippen molar-refractivity contribution in [1.82, 2.24) is 10.0 Å². The molecule has 31 heavy (non-hydrogen) atoms. The highest BCUT2D eigenvalue weighted by atomic mass is 32.2. The van der Waals surface area contributed by atoms with Gasteiger partial charge in [0.15, 0.2) is 0 Å². The molecule has 10 aliphatic rings. The fraction of sp³-hybridized carbons (Fsp3) is 0.667. The molecule has 5 saturated carbocycles. The van der Waals surface area contributed by atoms with Crippen LogP contribution in [-0.4, -0.2) is 64.6 Å². The van der Waals surface area contributed by atoms with Gasteiger partial charge in [-0.25, -0.2) is 19.6 Å². The summed E-state index contributed by atoms with van der Waals surface area (Å²) in [6, 6.07) is 11.4.